The largest absolute Gasteiger partial charge is 0.483 e. The Morgan fingerprint density at radius 1 is 1.16 bits per heavy atom. The molecule has 0 saturated heterocycles. The van der Waals surface area contributed by atoms with Gasteiger partial charge in [-0.25, -0.2) is 0 Å². The fourth-order valence-corrected chi connectivity index (χ4v) is 4.10. The second-order valence-corrected chi connectivity index (χ2v) is 8.81. The molecule has 166 valence electrons. The lowest BCUT2D eigenvalue weighted by Gasteiger charge is -2.30. The van der Waals surface area contributed by atoms with Crippen LogP contribution in [-0.2, 0) is 16.1 Å². The molecule has 0 aliphatic heterocycles. The Morgan fingerprint density at radius 2 is 1.90 bits per heavy atom. The molecule has 6 heteroatoms. The third kappa shape index (κ3) is 6.47. The van der Waals surface area contributed by atoms with Crippen molar-refractivity contribution in [2.24, 2.45) is 0 Å². The van der Waals surface area contributed by atoms with Crippen molar-refractivity contribution in [3.63, 3.8) is 0 Å². The first kappa shape index (κ1) is 23.1. The van der Waals surface area contributed by atoms with Crippen LogP contribution in [0, 0.1) is 13.8 Å². The van der Waals surface area contributed by atoms with Gasteiger partial charge in [0.1, 0.15) is 11.8 Å². The van der Waals surface area contributed by atoms with Crippen LogP contribution >= 0.6 is 11.6 Å². The number of carbonyl (C=O) groups excluding carboxylic acids is 2. The Balaban J connectivity index is 1.73. The van der Waals surface area contributed by atoms with Crippen LogP contribution in [0.25, 0.3) is 0 Å². The summed E-state index contributed by atoms with van der Waals surface area (Å²) in [4.78, 5) is 27.6. The lowest BCUT2D eigenvalue weighted by molar-refractivity contribution is -0.142. The smallest absolute Gasteiger partial charge is 0.261 e. The van der Waals surface area contributed by atoms with Crippen LogP contribution in [0.2, 0.25) is 5.02 Å². The highest BCUT2D eigenvalue weighted by Gasteiger charge is 2.28. The third-order valence-electron chi connectivity index (χ3n) is 5.81. The molecule has 0 radical (unpaired) electrons. The van der Waals surface area contributed by atoms with E-state index in [2.05, 4.69) is 5.32 Å². The van der Waals surface area contributed by atoms with E-state index in [1.807, 2.05) is 50.2 Å². The molecule has 3 rings (SSSR count). The number of benzene rings is 2. The van der Waals surface area contributed by atoms with E-state index in [4.69, 9.17) is 16.3 Å². The summed E-state index contributed by atoms with van der Waals surface area (Å²) >= 11 is 6.13. The zero-order valence-corrected chi connectivity index (χ0v) is 19.2. The highest BCUT2D eigenvalue weighted by Crippen LogP contribution is 2.21. The average molecular weight is 443 g/mol. The summed E-state index contributed by atoms with van der Waals surface area (Å²) < 4.78 is 5.84. The molecule has 2 aromatic carbocycles. The first-order valence-electron chi connectivity index (χ1n) is 10.9. The number of hydrogen-bond acceptors (Lipinski definition) is 3. The van der Waals surface area contributed by atoms with E-state index in [1.54, 1.807) is 17.9 Å². The van der Waals surface area contributed by atoms with Crippen molar-refractivity contribution >= 4 is 23.4 Å². The SMILES string of the molecule is Cc1ccc(C)c(OCC(=O)N(Cc2cccc(Cl)c2)C(C)C(=O)NC2CCCC2)c1. The summed E-state index contributed by atoms with van der Waals surface area (Å²) in [7, 11) is 0. The number of nitrogens with zero attached hydrogens (tertiary/aromatic N) is 1. The standard InChI is InChI=1S/C25H31ClN2O3/c1-17-11-12-18(2)23(13-17)31-16-24(29)28(15-20-7-6-8-21(26)14-20)19(3)25(30)27-22-9-4-5-10-22/h6-8,11-14,19,22H,4-5,9-10,15-16H2,1-3H3,(H,27,30). The Kier molecular flexibility index (Phi) is 7.97. The van der Waals surface area contributed by atoms with Crippen LogP contribution < -0.4 is 10.1 Å². The van der Waals surface area contributed by atoms with E-state index in [1.165, 1.54) is 0 Å². The summed E-state index contributed by atoms with van der Waals surface area (Å²) in [5, 5.41) is 3.70. The predicted molar refractivity (Wildman–Crippen MR) is 123 cm³/mol. The summed E-state index contributed by atoms with van der Waals surface area (Å²) in [5.74, 6) is 0.308. The number of ether oxygens (including phenoxy) is 1. The number of rotatable bonds is 8. The van der Waals surface area contributed by atoms with E-state index >= 15 is 0 Å². The Bertz CT molecular complexity index is 925. The number of aryl methyl sites for hydroxylation is 2. The molecule has 31 heavy (non-hydrogen) atoms. The molecular formula is C25H31ClN2O3. The van der Waals surface area contributed by atoms with Crippen LogP contribution in [0.1, 0.15) is 49.3 Å². The molecule has 5 nitrogen and oxygen atoms in total. The highest BCUT2D eigenvalue weighted by atomic mass is 35.5. The van der Waals surface area contributed by atoms with Crippen molar-refractivity contribution in [3.05, 3.63) is 64.2 Å². The van der Waals surface area contributed by atoms with Crippen LogP contribution in [-0.4, -0.2) is 35.4 Å². The van der Waals surface area contributed by atoms with Gasteiger partial charge in [0.05, 0.1) is 0 Å². The molecule has 1 fully saturated rings. The second-order valence-electron chi connectivity index (χ2n) is 8.38. The van der Waals surface area contributed by atoms with Crippen molar-refractivity contribution in [1.29, 1.82) is 0 Å². The van der Waals surface area contributed by atoms with Gasteiger partial charge in [-0.2, -0.15) is 0 Å². The lowest BCUT2D eigenvalue weighted by Crippen LogP contribution is -2.50. The van der Waals surface area contributed by atoms with Gasteiger partial charge in [-0.3, -0.25) is 9.59 Å². The van der Waals surface area contributed by atoms with Crippen molar-refractivity contribution in [3.8, 4) is 5.75 Å². The maximum absolute atomic E-state index is 13.2. The molecule has 1 N–H and O–H groups in total. The van der Waals surface area contributed by atoms with Gasteiger partial charge in [0.2, 0.25) is 5.91 Å². The number of amides is 2. The second kappa shape index (κ2) is 10.7. The van der Waals surface area contributed by atoms with Gasteiger partial charge in [0.15, 0.2) is 6.61 Å². The van der Waals surface area contributed by atoms with E-state index in [0.29, 0.717) is 10.8 Å². The fraction of sp³-hybridized carbons (Fsp3) is 0.440. The zero-order chi connectivity index (χ0) is 22.4. The molecule has 2 aromatic rings. The molecule has 1 atom stereocenters. The summed E-state index contributed by atoms with van der Waals surface area (Å²) in [6, 6.07) is 12.8. The fourth-order valence-electron chi connectivity index (χ4n) is 3.89. The van der Waals surface area contributed by atoms with Crippen LogP contribution in [0.15, 0.2) is 42.5 Å². The minimum Gasteiger partial charge on any atom is -0.483 e. The van der Waals surface area contributed by atoms with Crippen LogP contribution in [0.5, 0.6) is 5.75 Å². The maximum Gasteiger partial charge on any atom is 0.261 e. The Labute approximate surface area is 189 Å². The van der Waals surface area contributed by atoms with E-state index in [0.717, 1.165) is 42.4 Å². The van der Waals surface area contributed by atoms with Gasteiger partial charge in [-0.05, 0) is 68.5 Å². The van der Waals surface area contributed by atoms with E-state index in [9.17, 15) is 9.59 Å². The number of halogens is 1. The van der Waals surface area contributed by atoms with Crippen LogP contribution in [0.3, 0.4) is 0 Å². The first-order chi connectivity index (χ1) is 14.8. The highest BCUT2D eigenvalue weighted by molar-refractivity contribution is 6.30. The van der Waals surface area contributed by atoms with Gasteiger partial charge in [-0.1, -0.05) is 48.7 Å². The van der Waals surface area contributed by atoms with Gasteiger partial charge in [0.25, 0.3) is 5.91 Å². The summed E-state index contributed by atoms with van der Waals surface area (Å²) in [6.45, 7) is 5.85. The molecule has 0 aromatic heterocycles. The molecule has 1 unspecified atom stereocenters. The summed E-state index contributed by atoms with van der Waals surface area (Å²) in [5.41, 5.74) is 2.90. The van der Waals surface area contributed by atoms with Gasteiger partial charge >= 0.3 is 0 Å². The quantitative estimate of drug-likeness (QED) is 0.638. The van der Waals surface area contributed by atoms with Gasteiger partial charge in [0, 0.05) is 17.6 Å². The molecule has 1 saturated carbocycles. The predicted octanol–water partition coefficient (Wildman–Crippen LogP) is 4.81. The normalized spacial score (nSPS) is 14.8. The number of hydrogen-bond donors (Lipinski definition) is 1. The van der Waals surface area contributed by atoms with Crippen LogP contribution in [0.4, 0.5) is 0 Å². The molecule has 0 heterocycles. The zero-order valence-electron chi connectivity index (χ0n) is 18.5. The molecule has 0 spiro atoms. The van der Waals surface area contributed by atoms with Crippen molar-refractivity contribution in [2.45, 2.75) is 65.1 Å². The first-order valence-corrected chi connectivity index (χ1v) is 11.3. The molecule has 2 amide bonds. The van der Waals surface area contributed by atoms with E-state index in [-0.39, 0.29) is 31.0 Å². The molecule has 1 aliphatic rings. The topological polar surface area (TPSA) is 58.6 Å². The Morgan fingerprint density at radius 3 is 2.61 bits per heavy atom. The Hall–Kier alpha value is -2.53. The minimum atomic E-state index is -0.616. The number of carbonyl (C=O) groups is 2. The molecule has 1 aliphatic carbocycles. The van der Waals surface area contributed by atoms with Gasteiger partial charge in [-0.15, -0.1) is 0 Å². The minimum absolute atomic E-state index is 0.131. The van der Waals surface area contributed by atoms with Gasteiger partial charge < -0.3 is 15.0 Å². The molecule has 0 bridgehead atoms. The van der Waals surface area contributed by atoms with Crippen molar-refractivity contribution < 1.29 is 14.3 Å². The van der Waals surface area contributed by atoms with Crippen molar-refractivity contribution in [1.82, 2.24) is 10.2 Å². The average Bonchev–Trinajstić information content (AvgIpc) is 3.25. The third-order valence-corrected chi connectivity index (χ3v) is 6.04. The maximum atomic E-state index is 13.2. The number of nitrogens with one attached hydrogen (secondary N) is 1. The lowest BCUT2D eigenvalue weighted by atomic mass is 10.1. The monoisotopic (exact) mass is 442 g/mol. The van der Waals surface area contributed by atoms with Crippen molar-refractivity contribution in [2.75, 3.05) is 6.61 Å². The molecular weight excluding hydrogens is 412 g/mol. The van der Waals surface area contributed by atoms with E-state index < -0.39 is 6.04 Å². The summed E-state index contributed by atoms with van der Waals surface area (Å²) in [6.07, 6.45) is 4.26.